The van der Waals surface area contributed by atoms with Gasteiger partial charge in [-0.1, -0.05) is 29.8 Å². The number of anilines is 1. The molecule has 2 aromatic carbocycles. The van der Waals surface area contributed by atoms with Gasteiger partial charge in [0.15, 0.2) is 0 Å². The van der Waals surface area contributed by atoms with Crippen LogP contribution in [0.3, 0.4) is 0 Å². The number of halogens is 1. The number of hydrogen-bond acceptors (Lipinski definition) is 3. The number of nitrogens with zero attached hydrogens (tertiary/aromatic N) is 1. The average Bonchev–Trinajstić information content (AvgIpc) is 2.93. The molecule has 3 aromatic rings. The summed E-state index contributed by atoms with van der Waals surface area (Å²) in [5.41, 5.74) is 2.06. The summed E-state index contributed by atoms with van der Waals surface area (Å²) in [6.07, 6.45) is 0. The van der Waals surface area contributed by atoms with Crippen LogP contribution in [0.2, 0.25) is 0 Å². The van der Waals surface area contributed by atoms with Crippen molar-refractivity contribution in [3.8, 4) is 0 Å². The van der Waals surface area contributed by atoms with Crippen molar-refractivity contribution in [1.82, 2.24) is 4.57 Å². The number of carbonyl (C=O) groups is 1. The number of hydrogen-bond donors (Lipinski definition) is 1. The molecule has 0 saturated heterocycles. The molecule has 0 aliphatic rings. The molecule has 1 amide bonds. The quantitative estimate of drug-likeness (QED) is 0.606. The molecular formula is C23H25FN2O3S. The van der Waals surface area contributed by atoms with E-state index in [0.29, 0.717) is 5.56 Å². The Balaban J connectivity index is 2.21. The van der Waals surface area contributed by atoms with Gasteiger partial charge >= 0.3 is 0 Å². The van der Waals surface area contributed by atoms with Gasteiger partial charge in [-0.05, 0) is 64.4 Å². The molecule has 0 saturated carbocycles. The van der Waals surface area contributed by atoms with Crippen LogP contribution in [0.25, 0.3) is 0 Å². The Kier molecular flexibility index (Phi) is 5.85. The average molecular weight is 429 g/mol. The van der Waals surface area contributed by atoms with Crippen LogP contribution in [0.4, 0.5) is 10.2 Å². The van der Waals surface area contributed by atoms with E-state index in [1.807, 2.05) is 27.7 Å². The lowest BCUT2D eigenvalue weighted by molar-refractivity contribution is 0.102. The monoisotopic (exact) mass is 428 g/mol. The molecular weight excluding hydrogens is 403 g/mol. The fourth-order valence-electron chi connectivity index (χ4n) is 3.55. The number of sulfone groups is 1. The highest BCUT2D eigenvalue weighted by Crippen LogP contribution is 2.37. The zero-order valence-electron chi connectivity index (χ0n) is 17.7. The van der Waals surface area contributed by atoms with Crippen LogP contribution in [0.15, 0.2) is 58.3 Å². The van der Waals surface area contributed by atoms with E-state index in [2.05, 4.69) is 5.32 Å². The van der Waals surface area contributed by atoms with Gasteiger partial charge in [0, 0.05) is 11.7 Å². The van der Waals surface area contributed by atoms with Gasteiger partial charge < -0.3 is 9.88 Å². The van der Waals surface area contributed by atoms with Crippen molar-refractivity contribution in [3.63, 3.8) is 0 Å². The molecule has 0 aliphatic carbocycles. The molecule has 1 heterocycles. The van der Waals surface area contributed by atoms with Gasteiger partial charge in [0.1, 0.15) is 16.5 Å². The minimum Gasteiger partial charge on any atom is -0.328 e. The van der Waals surface area contributed by atoms with Crippen LogP contribution in [0, 0.1) is 26.6 Å². The molecule has 0 aliphatic heterocycles. The minimum atomic E-state index is -3.92. The number of aromatic nitrogens is 1. The smallest absolute Gasteiger partial charge is 0.259 e. The Morgan fingerprint density at radius 3 is 2.17 bits per heavy atom. The molecule has 0 radical (unpaired) electrons. The van der Waals surface area contributed by atoms with Crippen molar-refractivity contribution in [3.05, 3.63) is 76.7 Å². The molecule has 30 heavy (non-hydrogen) atoms. The molecule has 0 unspecified atom stereocenters. The lowest BCUT2D eigenvalue weighted by Gasteiger charge is -2.17. The Hall–Kier alpha value is -2.93. The van der Waals surface area contributed by atoms with Crippen molar-refractivity contribution in [1.29, 1.82) is 0 Å². The predicted molar refractivity (Wildman–Crippen MR) is 115 cm³/mol. The summed E-state index contributed by atoms with van der Waals surface area (Å²) in [5.74, 6) is -1.23. The highest BCUT2D eigenvalue weighted by atomic mass is 32.2. The molecule has 0 spiro atoms. The Labute approximate surface area is 176 Å². The first-order valence-corrected chi connectivity index (χ1v) is 11.1. The van der Waals surface area contributed by atoms with Crippen LogP contribution in [-0.2, 0) is 9.84 Å². The van der Waals surface area contributed by atoms with Crippen LogP contribution < -0.4 is 5.32 Å². The third-order valence-electron chi connectivity index (χ3n) is 5.17. The topological polar surface area (TPSA) is 68.2 Å². The largest absolute Gasteiger partial charge is 0.328 e. The zero-order valence-corrected chi connectivity index (χ0v) is 18.5. The molecule has 5 nitrogen and oxygen atoms in total. The number of amides is 1. The van der Waals surface area contributed by atoms with E-state index < -0.39 is 21.6 Å². The Bertz CT molecular complexity index is 1210. The fourth-order valence-corrected chi connectivity index (χ4v) is 5.23. The summed E-state index contributed by atoms with van der Waals surface area (Å²) in [5, 5.41) is 2.67. The van der Waals surface area contributed by atoms with Crippen LogP contribution in [0.5, 0.6) is 0 Å². The maximum Gasteiger partial charge on any atom is 0.259 e. The summed E-state index contributed by atoms with van der Waals surface area (Å²) >= 11 is 0. The second-order valence-corrected chi connectivity index (χ2v) is 9.49. The first-order valence-electron chi connectivity index (χ1n) is 9.64. The highest BCUT2D eigenvalue weighted by molar-refractivity contribution is 7.91. The third-order valence-corrected chi connectivity index (χ3v) is 7.10. The second kappa shape index (κ2) is 8.07. The van der Waals surface area contributed by atoms with Gasteiger partial charge in [-0.25, -0.2) is 12.8 Å². The lowest BCUT2D eigenvalue weighted by atomic mass is 10.2. The number of rotatable bonds is 5. The van der Waals surface area contributed by atoms with Crippen LogP contribution in [0.1, 0.15) is 47.1 Å². The van der Waals surface area contributed by atoms with Crippen molar-refractivity contribution in [2.45, 2.75) is 50.5 Å². The van der Waals surface area contributed by atoms with E-state index in [9.17, 15) is 17.6 Å². The van der Waals surface area contributed by atoms with E-state index in [0.717, 1.165) is 11.3 Å². The number of benzene rings is 2. The summed E-state index contributed by atoms with van der Waals surface area (Å²) in [6.45, 7) is 9.19. The van der Waals surface area contributed by atoms with Gasteiger partial charge in [0.25, 0.3) is 5.91 Å². The molecule has 0 atom stereocenters. The first-order chi connectivity index (χ1) is 14.1. The highest BCUT2D eigenvalue weighted by Gasteiger charge is 2.31. The van der Waals surface area contributed by atoms with Crippen molar-refractivity contribution in [2.24, 2.45) is 0 Å². The standard InChI is InChI=1S/C23H25FN2O3S/c1-14(2)26-17(5)16(4)21(30(28,29)18-12-10-15(3)11-13-18)22(26)25-23(27)19-8-6-7-9-20(19)24/h6-14H,1-5H3,(H,25,27). The summed E-state index contributed by atoms with van der Waals surface area (Å²) in [4.78, 5) is 13.0. The van der Waals surface area contributed by atoms with Gasteiger partial charge in [-0.2, -0.15) is 0 Å². The van der Waals surface area contributed by atoms with E-state index >= 15 is 0 Å². The predicted octanol–water partition coefficient (Wildman–Crippen LogP) is 5.22. The summed E-state index contributed by atoms with van der Waals surface area (Å²) in [6, 6.07) is 12.0. The van der Waals surface area contributed by atoms with E-state index in [1.165, 1.54) is 18.2 Å². The number of carbonyl (C=O) groups excluding carboxylic acids is 1. The second-order valence-electron chi connectivity index (χ2n) is 7.60. The SMILES string of the molecule is Cc1ccc(S(=O)(=O)c2c(C)c(C)n(C(C)C)c2NC(=O)c2ccccc2F)cc1. The molecule has 158 valence electrons. The molecule has 1 aromatic heterocycles. The minimum absolute atomic E-state index is 0.0299. The lowest BCUT2D eigenvalue weighted by Crippen LogP contribution is -2.19. The molecule has 0 fully saturated rings. The van der Waals surface area contributed by atoms with Crippen LogP contribution >= 0.6 is 0 Å². The fraction of sp³-hybridized carbons (Fsp3) is 0.261. The van der Waals surface area contributed by atoms with E-state index in [-0.39, 0.29) is 27.2 Å². The maximum absolute atomic E-state index is 14.1. The summed E-state index contributed by atoms with van der Waals surface area (Å²) in [7, 11) is -3.92. The van der Waals surface area contributed by atoms with Gasteiger partial charge in [-0.15, -0.1) is 0 Å². The molecule has 0 bridgehead atoms. The van der Waals surface area contributed by atoms with Crippen molar-refractivity contribution >= 4 is 21.6 Å². The first kappa shape index (κ1) is 21.8. The van der Waals surface area contributed by atoms with Crippen molar-refractivity contribution < 1.29 is 17.6 Å². The Morgan fingerprint density at radius 1 is 1.00 bits per heavy atom. The maximum atomic E-state index is 14.1. The normalized spacial score (nSPS) is 11.7. The van der Waals surface area contributed by atoms with Gasteiger partial charge in [0.2, 0.25) is 9.84 Å². The zero-order chi connectivity index (χ0) is 22.2. The molecule has 7 heteroatoms. The van der Waals surface area contributed by atoms with Gasteiger partial charge in [0.05, 0.1) is 10.5 Å². The van der Waals surface area contributed by atoms with E-state index in [1.54, 1.807) is 41.8 Å². The third kappa shape index (κ3) is 3.77. The van der Waals surface area contributed by atoms with Gasteiger partial charge in [-0.3, -0.25) is 4.79 Å². The summed E-state index contributed by atoms with van der Waals surface area (Å²) < 4.78 is 42.9. The molecule has 1 N–H and O–H groups in total. The van der Waals surface area contributed by atoms with E-state index in [4.69, 9.17) is 0 Å². The molecule has 3 rings (SSSR count). The van der Waals surface area contributed by atoms with Crippen molar-refractivity contribution in [2.75, 3.05) is 5.32 Å². The van der Waals surface area contributed by atoms with Crippen LogP contribution in [-0.4, -0.2) is 18.9 Å². The number of aryl methyl sites for hydroxylation is 1. The number of nitrogens with one attached hydrogen (secondary N) is 1. The Morgan fingerprint density at radius 2 is 1.60 bits per heavy atom.